The molecule has 0 saturated carbocycles. The second-order valence-electron chi connectivity index (χ2n) is 4.95. The standard InChI is InChI=1S/C17H23ClO/c1-7-9-11(3)13(5)16-14(6)17(18)12(4)10-15(16)19-8-2/h10-11,13H,8H2,1-6H3. The van der Waals surface area contributed by atoms with E-state index < -0.39 is 0 Å². The van der Waals surface area contributed by atoms with Gasteiger partial charge in [-0.05, 0) is 50.8 Å². The van der Waals surface area contributed by atoms with E-state index in [-0.39, 0.29) is 5.92 Å². The quantitative estimate of drug-likeness (QED) is 0.695. The first-order chi connectivity index (χ1) is 8.93. The predicted molar refractivity (Wildman–Crippen MR) is 83.1 cm³/mol. The molecule has 0 aromatic heterocycles. The summed E-state index contributed by atoms with van der Waals surface area (Å²) in [5.74, 6) is 7.74. The molecule has 0 radical (unpaired) electrons. The summed E-state index contributed by atoms with van der Waals surface area (Å²) >= 11 is 6.39. The molecule has 1 aromatic carbocycles. The Morgan fingerprint density at radius 1 is 1.32 bits per heavy atom. The van der Waals surface area contributed by atoms with Crippen LogP contribution in [0.1, 0.15) is 50.3 Å². The third-order valence-electron chi connectivity index (χ3n) is 3.57. The first-order valence-corrected chi connectivity index (χ1v) is 7.16. The molecule has 1 rings (SSSR count). The highest BCUT2D eigenvalue weighted by Crippen LogP contribution is 2.39. The van der Waals surface area contributed by atoms with Crippen molar-refractivity contribution in [3.05, 3.63) is 27.8 Å². The molecule has 2 atom stereocenters. The largest absolute Gasteiger partial charge is 0.494 e. The Kier molecular flexibility index (Phi) is 5.76. The maximum Gasteiger partial charge on any atom is 0.123 e. The minimum atomic E-state index is 0.279. The molecule has 0 aliphatic carbocycles. The van der Waals surface area contributed by atoms with Crippen molar-refractivity contribution in [3.63, 3.8) is 0 Å². The maximum atomic E-state index is 6.39. The topological polar surface area (TPSA) is 9.23 Å². The van der Waals surface area contributed by atoms with Crippen LogP contribution in [0.2, 0.25) is 5.02 Å². The van der Waals surface area contributed by atoms with Crippen LogP contribution in [-0.4, -0.2) is 6.61 Å². The average Bonchev–Trinajstić information content (AvgIpc) is 2.36. The van der Waals surface area contributed by atoms with Crippen LogP contribution in [0, 0.1) is 31.6 Å². The van der Waals surface area contributed by atoms with E-state index >= 15 is 0 Å². The lowest BCUT2D eigenvalue weighted by Crippen LogP contribution is -2.10. The fraction of sp³-hybridized carbons (Fsp3) is 0.529. The molecule has 0 N–H and O–H groups in total. The van der Waals surface area contributed by atoms with E-state index in [9.17, 15) is 0 Å². The Bertz CT molecular complexity index is 508. The van der Waals surface area contributed by atoms with Gasteiger partial charge in [0.15, 0.2) is 0 Å². The third-order valence-corrected chi connectivity index (χ3v) is 4.15. The average molecular weight is 279 g/mol. The molecule has 1 aromatic rings. The van der Waals surface area contributed by atoms with Crippen molar-refractivity contribution in [1.82, 2.24) is 0 Å². The number of hydrogen-bond donors (Lipinski definition) is 0. The number of ether oxygens (including phenoxy) is 1. The fourth-order valence-corrected chi connectivity index (χ4v) is 2.54. The molecule has 104 valence electrons. The van der Waals surface area contributed by atoms with Crippen LogP contribution in [0.15, 0.2) is 6.07 Å². The van der Waals surface area contributed by atoms with Crippen LogP contribution in [0.25, 0.3) is 0 Å². The molecule has 0 spiro atoms. The highest BCUT2D eigenvalue weighted by atomic mass is 35.5. The Morgan fingerprint density at radius 2 is 1.95 bits per heavy atom. The lowest BCUT2D eigenvalue weighted by Gasteiger charge is -2.23. The molecular formula is C17H23ClO. The lowest BCUT2D eigenvalue weighted by molar-refractivity contribution is 0.332. The fourth-order valence-electron chi connectivity index (χ4n) is 2.38. The van der Waals surface area contributed by atoms with Crippen LogP contribution in [0.3, 0.4) is 0 Å². The van der Waals surface area contributed by atoms with Gasteiger partial charge < -0.3 is 4.74 Å². The summed E-state index contributed by atoms with van der Waals surface area (Å²) in [5.41, 5.74) is 3.36. The summed E-state index contributed by atoms with van der Waals surface area (Å²) in [6.45, 7) is 13.0. The van der Waals surface area contributed by atoms with Crippen LogP contribution < -0.4 is 4.74 Å². The van der Waals surface area contributed by atoms with Gasteiger partial charge in [-0.25, -0.2) is 0 Å². The Morgan fingerprint density at radius 3 is 2.47 bits per heavy atom. The van der Waals surface area contributed by atoms with E-state index in [1.165, 1.54) is 5.56 Å². The zero-order valence-corrected chi connectivity index (χ0v) is 13.5. The molecule has 0 fully saturated rings. The van der Waals surface area contributed by atoms with Crippen LogP contribution in [0.4, 0.5) is 0 Å². The van der Waals surface area contributed by atoms with E-state index in [4.69, 9.17) is 16.3 Å². The van der Waals surface area contributed by atoms with Crippen LogP contribution in [0.5, 0.6) is 5.75 Å². The minimum Gasteiger partial charge on any atom is -0.494 e. The van der Waals surface area contributed by atoms with Crippen molar-refractivity contribution in [2.75, 3.05) is 6.61 Å². The first-order valence-electron chi connectivity index (χ1n) is 6.78. The minimum absolute atomic E-state index is 0.279. The SMILES string of the molecule is CC#CC(C)C(C)c1c(OCC)cc(C)c(Cl)c1C. The summed E-state index contributed by atoms with van der Waals surface area (Å²) in [4.78, 5) is 0. The summed E-state index contributed by atoms with van der Waals surface area (Å²) in [5, 5.41) is 0.835. The van der Waals surface area contributed by atoms with Gasteiger partial charge in [-0.2, -0.15) is 0 Å². The van der Waals surface area contributed by atoms with E-state index in [2.05, 4.69) is 32.6 Å². The molecule has 0 aliphatic heterocycles. The van der Waals surface area contributed by atoms with Crippen molar-refractivity contribution >= 4 is 11.6 Å². The van der Waals surface area contributed by atoms with Gasteiger partial charge in [-0.3, -0.25) is 0 Å². The van der Waals surface area contributed by atoms with Crippen molar-refractivity contribution in [2.45, 2.75) is 47.5 Å². The van der Waals surface area contributed by atoms with Gasteiger partial charge in [0.2, 0.25) is 0 Å². The number of benzene rings is 1. The highest BCUT2D eigenvalue weighted by molar-refractivity contribution is 6.32. The Hall–Kier alpha value is -1.13. The predicted octanol–water partition coefficient (Wildman–Crippen LogP) is 5.12. The monoisotopic (exact) mass is 278 g/mol. The number of halogens is 1. The molecule has 0 saturated heterocycles. The van der Waals surface area contributed by atoms with Gasteiger partial charge in [0.1, 0.15) is 5.75 Å². The smallest absolute Gasteiger partial charge is 0.123 e. The molecule has 0 bridgehead atoms. The summed E-state index contributed by atoms with van der Waals surface area (Å²) < 4.78 is 5.80. The van der Waals surface area contributed by atoms with E-state index in [0.29, 0.717) is 12.5 Å². The normalized spacial score (nSPS) is 13.4. The van der Waals surface area contributed by atoms with Gasteiger partial charge in [-0.15, -0.1) is 5.92 Å². The molecular weight excluding hydrogens is 256 g/mol. The number of rotatable bonds is 4. The Labute approximate surface area is 122 Å². The van der Waals surface area contributed by atoms with Gasteiger partial charge >= 0.3 is 0 Å². The van der Waals surface area contributed by atoms with E-state index in [1.807, 2.05) is 26.8 Å². The zero-order valence-electron chi connectivity index (χ0n) is 12.7. The highest BCUT2D eigenvalue weighted by Gasteiger charge is 2.21. The van der Waals surface area contributed by atoms with Gasteiger partial charge in [0.05, 0.1) is 6.61 Å². The second kappa shape index (κ2) is 6.87. The first kappa shape index (κ1) is 15.9. The lowest BCUT2D eigenvalue weighted by atomic mass is 9.85. The number of hydrogen-bond acceptors (Lipinski definition) is 1. The van der Waals surface area contributed by atoms with Crippen molar-refractivity contribution in [3.8, 4) is 17.6 Å². The van der Waals surface area contributed by atoms with Crippen LogP contribution in [-0.2, 0) is 0 Å². The maximum absolute atomic E-state index is 6.39. The number of aryl methyl sites for hydroxylation is 1. The zero-order chi connectivity index (χ0) is 14.6. The van der Waals surface area contributed by atoms with E-state index in [0.717, 1.165) is 21.9 Å². The molecule has 0 amide bonds. The molecule has 1 nitrogen and oxygen atoms in total. The summed E-state index contributed by atoms with van der Waals surface area (Å²) in [6.07, 6.45) is 0. The Balaban J connectivity index is 3.37. The molecule has 19 heavy (non-hydrogen) atoms. The van der Waals surface area contributed by atoms with Crippen molar-refractivity contribution in [1.29, 1.82) is 0 Å². The van der Waals surface area contributed by atoms with Gasteiger partial charge in [-0.1, -0.05) is 31.4 Å². The molecule has 0 aliphatic rings. The van der Waals surface area contributed by atoms with Crippen LogP contribution >= 0.6 is 11.6 Å². The third kappa shape index (κ3) is 3.45. The second-order valence-corrected chi connectivity index (χ2v) is 5.33. The molecule has 0 heterocycles. The summed E-state index contributed by atoms with van der Waals surface area (Å²) in [7, 11) is 0. The van der Waals surface area contributed by atoms with Gasteiger partial charge in [0, 0.05) is 16.5 Å². The summed E-state index contributed by atoms with van der Waals surface area (Å²) in [6, 6.07) is 2.04. The van der Waals surface area contributed by atoms with Crippen molar-refractivity contribution in [2.24, 2.45) is 5.92 Å². The van der Waals surface area contributed by atoms with Gasteiger partial charge in [0.25, 0.3) is 0 Å². The molecule has 2 unspecified atom stereocenters. The van der Waals surface area contributed by atoms with Crippen molar-refractivity contribution < 1.29 is 4.74 Å². The van der Waals surface area contributed by atoms with E-state index in [1.54, 1.807) is 0 Å². The molecule has 2 heteroatoms.